The Morgan fingerprint density at radius 1 is 1.24 bits per heavy atom. The number of carbonyl (C=O) groups is 2. The molecular weight excluding hydrogens is 343 g/mol. The molecule has 0 unspecified atom stereocenters. The van der Waals surface area contributed by atoms with E-state index in [1.165, 1.54) is 29.2 Å². The van der Waals surface area contributed by atoms with Crippen LogP contribution in [-0.2, 0) is 15.7 Å². The number of benzene rings is 1. The second kappa shape index (κ2) is 6.63. The molecule has 10 heteroatoms. The van der Waals surface area contributed by atoms with Gasteiger partial charge >= 0.3 is 12.1 Å². The lowest BCUT2D eigenvalue weighted by Gasteiger charge is -2.26. The highest BCUT2D eigenvalue weighted by atomic mass is 19.4. The molecule has 1 aliphatic heterocycles. The van der Waals surface area contributed by atoms with Gasteiger partial charge in [0.05, 0.1) is 13.2 Å². The standard InChI is InChI=1S/C15H12F3N3O4/c16-15(17,18)14-19-13(20-25-14)10-3-1-9(2-4-10)11(22)7-21-5-6-24-8-12(21)23/h1-4H,5-8H2. The molecule has 3 rings (SSSR count). The molecule has 25 heavy (non-hydrogen) atoms. The number of aromatic nitrogens is 2. The first-order valence-corrected chi connectivity index (χ1v) is 7.24. The summed E-state index contributed by atoms with van der Waals surface area (Å²) < 4.78 is 46.5. The molecule has 2 aromatic rings. The normalized spacial score (nSPS) is 15.5. The molecule has 0 spiro atoms. The first-order valence-electron chi connectivity index (χ1n) is 7.24. The maximum absolute atomic E-state index is 12.5. The highest BCUT2D eigenvalue weighted by Crippen LogP contribution is 2.29. The van der Waals surface area contributed by atoms with Crippen molar-refractivity contribution in [3.05, 3.63) is 35.7 Å². The van der Waals surface area contributed by atoms with Crippen LogP contribution < -0.4 is 0 Å². The van der Waals surface area contributed by atoms with Gasteiger partial charge in [-0.25, -0.2) is 0 Å². The van der Waals surface area contributed by atoms with E-state index in [2.05, 4.69) is 14.7 Å². The number of ketones is 1. The lowest BCUT2D eigenvalue weighted by molar-refractivity contribution is -0.159. The number of halogens is 3. The quantitative estimate of drug-likeness (QED) is 0.778. The van der Waals surface area contributed by atoms with Gasteiger partial charge in [-0.1, -0.05) is 29.4 Å². The third-order valence-electron chi connectivity index (χ3n) is 3.55. The Kier molecular flexibility index (Phi) is 4.53. The molecule has 0 N–H and O–H groups in total. The molecular formula is C15H12F3N3O4. The van der Waals surface area contributed by atoms with Crippen molar-refractivity contribution in [1.82, 2.24) is 15.0 Å². The Morgan fingerprint density at radius 2 is 1.96 bits per heavy atom. The third kappa shape index (κ3) is 3.85. The molecule has 0 saturated carbocycles. The SMILES string of the molecule is O=C(CN1CCOCC1=O)c1ccc(-c2noc(C(F)(F)F)n2)cc1. The minimum Gasteiger partial charge on any atom is -0.370 e. The Labute approximate surface area is 139 Å². The fourth-order valence-electron chi connectivity index (χ4n) is 2.24. The van der Waals surface area contributed by atoms with Crippen LogP contribution in [0.2, 0.25) is 0 Å². The first-order chi connectivity index (χ1) is 11.8. The van der Waals surface area contributed by atoms with Gasteiger partial charge in [0.1, 0.15) is 6.61 Å². The van der Waals surface area contributed by atoms with Gasteiger partial charge in [0.25, 0.3) is 0 Å². The van der Waals surface area contributed by atoms with Crippen LogP contribution in [0.5, 0.6) is 0 Å². The number of alkyl halides is 3. The van der Waals surface area contributed by atoms with E-state index in [0.717, 1.165) is 0 Å². The zero-order valence-electron chi connectivity index (χ0n) is 12.7. The number of hydrogen-bond acceptors (Lipinski definition) is 6. The molecule has 1 saturated heterocycles. The van der Waals surface area contributed by atoms with Crippen LogP contribution in [0.25, 0.3) is 11.4 Å². The van der Waals surface area contributed by atoms with Gasteiger partial charge in [-0.15, -0.1) is 0 Å². The van der Waals surface area contributed by atoms with E-state index in [4.69, 9.17) is 4.74 Å². The predicted molar refractivity (Wildman–Crippen MR) is 76.5 cm³/mol. The molecule has 1 aliphatic rings. The van der Waals surface area contributed by atoms with E-state index in [-0.39, 0.29) is 36.2 Å². The van der Waals surface area contributed by atoms with E-state index in [9.17, 15) is 22.8 Å². The van der Waals surface area contributed by atoms with Gasteiger partial charge in [-0.3, -0.25) is 9.59 Å². The molecule has 1 aromatic heterocycles. The summed E-state index contributed by atoms with van der Waals surface area (Å²) in [6, 6.07) is 5.71. The molecule has 7 nitrogen and oxygen atoms in total. The van der Waals surface area contributed by atoms with E-state index >= 15 is 0 Å². The Bertz CT molecular complexity index is 786. The molecule has 0 bridgehead atoms. The van der Waals surface area contributed by atoms with Crippen molar-refractivity contribution in [2.45, 2.75) is 6.18 Å². The minimum atomic E-state index is -4.72. The minimum absolute atomic E-state index is 0.0500. The molecule has 2 heterocycles. The number of morpholine rings is 1. The summed E-state index contributed by atoms with van der Waals surface area (Å²) in [5.41, 5.74) is 0.598. The first kappa shape index (κ1) is 17.1. The molecule has 0 atom stereocenters. The van der Waals surface area contributed by atoms with Crippen LogP contribution in [0.15, 0.2) is 28.8 Å². The van der Waals surface area contributed by atoms with E-state index in [1.54, 1.807) is 0 Å². The molecule has 1 aromatic carbocycles. The largest absolute Gasteiger partial charge is 0.471 e. The highest BCUT2D eigenvalue weighted by molar-refractivity contribution is 5.99. The summed E-state index contributed by atoms with van der Waals surface area (Å²) >= 11 is 0. The number of carbonyl (C=O) groups excluding carboxylic acids is 2. The molecule has 1 fully saturated rings. The van der Waals surface area contributed by atoms with Crippen LogP contribution >= 0.6 is 0 Å². The van der Waals surface area contributed by atoms with Gasteiger partial charge in [0.15, 0.2) is 5.78 Å². The predicted octanol–water partition coefficient (Wildman–Crippen LogP) is 1.80. The van der Waals surface area contributed by atoms with Crippen molar-refractivity contribution in [2.24, 2.45) is 0 Å². The average Bonchev–Trinajstić information content (AvgIpc) is 3.07. The smallest absolute Gasteiger partial charge is 0.370 e. The third-order valence-corrected chi connectivity index (χ3v) is 3.55. The fraction of sp³-hybridized carbons (Fsp3) is 0.333. The van der Waals surface area contributed by atoms with Gasteiger partial charge < -0.3 is 14.2 Å². The Balaban J connectivity index is 1.70. The zero-order chi connectivity index (χ0) is 18.0. The van der Waals surface area contributed by atoms with Gasteiger partial charge in [-0.05, 0) is 0 Å². The van der Waals surface area contributed by atoms with Crippen molar-refractivity contribution in [1.29, 1.82) is 0 Å². The van der Waals surface area contributed by atoms with E-state index < -0.39 is 12.1 Å². The second-order valence-corrected chi connectivity index (χ2v) is 5.29. The van der Waals surface area contributed by atoms with Crippen molar-refractivity contribution in [3.8, 4) is 11.4 Å². The topological polar surface area (TPSA) is 85.5 Å². The van der Waals surface area contributed by atoms with Gasteiger partial charge in [0.2, 0.25) is 11.7 Å². The summed E-state index contributed by atoms with van der Waals surface area (Å²) in [6.45, 7) is 0.580. The van der Waals surface area contributed by atoms with Gasteiger partial charge in [-0.2, -0.15) is 18.2 Å². The average molecular weight is 355 g/mol. The monoisotopic (exact) mass is 355 g/mol. The van der Waals surface area contributed by atoms with E-state index in [0.29, 0.717) is 18.7 Å². The molecule has 0 aliphatic carbocycles. The molecule has 0 radical (unpaired) electrons. The zero-order valence-corrected chi connectivity index (χ0v) is 12.7. The summed E-state index contributed by atoms with van der Waals surface area (Å²) in [5.74, 6) is -2.21. The fourth-order valence-corrected chi connectivity index (χ4v) is 2.24. The highest BCUT2D eigenvalue weighted by Gasteiger charge is 2.38. The second-order valence-electron chi connectivity index (χ2n) is 5.29. The lowest BCUT2D eigenvalue weighted by Crippen LogP contribution is -2.44. The summed E-state index contributed by atoms with van der Waals surface area (Å²) in [7, 11) is 0. The number of amides is 1. The Hall–Kier alpha value is -2.75. The maximum Gasteiger partial charge on any atom is 0.471 e. The number of Topliss-reactive ketones (excluding diaryl/α,β-unsaturated/α-hetero) is 1. The van der Waals surface area contributed by atoms with Crippen molar-refractivity contribution >= 4 is 11.7 Å². The van der Waals surface area contributed by atoms with Crippen LogP contribution in [0.1, 0.15) is 16.2 Å². The van der Waals surface area contributed by atoms with Crippen molar-refractivity contribution in [3.63, 3.8) is 0 Å². The van der Waals surface area contributed by atoms with Crippen molar-refractivity contribution < 1.29 is 32.0 Å². The Morgan fingerprint density at radius 3 is 2.56 bits per heavy atom. The van der Waals surface area contributed by atoms with Crippen LogP contribution in [-0.4, -0.2) is 53.0 Å². The van der Waals surface area contributed by atoms with Crippen LogP contribution in [0.4, 0.5) is 13.2 Å². The summed E-state index contributed by atoms with van der Waals surface area (Å²) in [4.78, 5) is 28.5. The summed E-state index contributed by atoms with van der Waals surface area (Å²) in [6.07, 6.45) is -4.72. The van der Waals surface area contributed by atoms with Crippen molar-refractivity contribution in [2.75, 3.05) is 26.3 Å². The number of nitrogens with zero attached hydrogens (tertiary/aromatic N) is 3. The van der Waals surface area contributed by atoms with E-state index in [1.807, 2.05) is 0 Å². The molecule has 132 valence electrons. The number of rotatable bonds is 4. The maximum atomic E-state index is 12.5. The summed E-state index contributed by atoms with van der Waals surface area (Å²) in [5, 5.41) is 3.27. The van der Waals surface area contributed by atoms with Crippen LogP contribution in [0, 0.1) is 0 Å². The van der Waals surface area contributed by atoms with Crippen LogP contribution in [0.3, 0.4) is 0 Å². The van der Waals surface area contributed by atoms with Gasteiger partial charge in [0, 0.05) is 17.7 Å². The number of ether oxygens (including phenoxy) is 1. The molecule has 1 amide bonds. The lowest BCUT2D eigenvalue weighted by atomic mass is 10.1. The number of hydrogen-bond donors (Lipinski definition) is 0.